The lowest BCUT2D eigenvalue weighted by Gasteiger charge is -2.33. The summed E-state index contributed by atoms with van der Waals surface area (Å²) in [6.45, 7) is 6.72. The van der Waals surface area contributed by atoms with Gasteiger partial charge in [0.15, 0.2) is 0 Å². The molecule has 0 spiro atoms. The molecule has 0 saturated carbocycles. The summed E-state index contributed by atoms with van der Waals surface area (Å²) in [4.78, 5) is 30.4. The van der Waals surface area contributed by atoms with Crippen LogP contribution in [0.15, 0.2) is 34.2 Å². The van der Waals surface area contributed by atoms with Gasteiger partial charge in [0, 0.05) is 31.1 Å². The minimum Gasteiger partial charge on any atom is -0.444 e. The van der Waals surface area contributed by atoms with Gasteiger partial charge in [-0.2, -0.15) is 0 Å². The van der Waals surface area contributed by atoms with Crippen molar-refractivity contribution in [2.24, 2.45) is 4.99 Å². The molecule has 0 aromatic heterocycles. The summed E-state index contributed by atoms with van der Waals surface area (Å²) < 4.78 is 31.9. The fourth-order valence-corrected chi connectivity index (χ4v) is 4.60. The number of rotatable bonds is 4. The van der Waals surface area contributed by atoms with Gasteiger partial charge in [-0.1, -0.05) is 12.1 Å². The molecule has 164 valence electrons. The second-order valence-electron chi connectivity index (χ2n) is 8.39. The highest BCUT2D eigenvalue weighted by Gasteiger charge is 2.30. The molecule has 3 rings (SSSR count). The molecule has 0 radical (unpaired) electrons. The summed E-state index contributed by atoms with van der Waals surface area (Å²) >= 11 is 0. The minimum absolute atomic E-state index is 0.00505. The summed E-state index contributed by atoms with van der Waals surface area (Å²) in [5, 5.41) is 2.96. The van der Waals surface area contributed by atoms with Crippen molar-refractivity contribution < 1.29 is 22.7 Å². The third kappa shape index (κ3) is 5.50. The van der Waals surface area contributed by atoms with Crippen LogP contribution in [0.3, 0.4) is 0 Å². The molecule has 2 aliphatic heterocycles. The fourth-order valence-electron chi connectivity index (χ4n) is 3.35. The van der Waals surface area contributed by atoms with Gasteiger partial charge in [-0.05, 0) is 45.7 Å². The Bertz CT molecular complexity index is 944. The topological polar surface area (TPSA) is 117 Å². The van der Waals surface area contributed by atoms with Gasteiger partial charge in [-0.15, -0.1) is 0 Å². The maximum absolute atomic E-state index is 12.2. The van der Waals surface area contributed by atoms with Gasteiger partial charge >= 0.3 is 6.09 Å². The van der Waals surface area contributed by atoms with Gasteiger partial charge in [0.2, 0.25) is 5.91 Å². The molecule has 1 fully saturated rings. The van der Waals surface area contributed by atoms with Crippen LogP contribution in [0.5, 0.6) is 0 Å². The van der Waals surface area contributed by atoms with Crippen LogP contribution < -0.4 is 10.0 Å². The zero-order valence-electron chi connectivity index (χ0n) is 17.5. The van der Waals surface area contributed by atoms with E-state index < -0.39 is 15.6 Å². The highest BCUT2D eigenvalue weighted by molar-refractivity contribution is 7.90. The van der Waals surface area contributed by atoms with Gasteiger partial charge < -0.3 is 15.0 Å². The van der Waals surface area contributed by atoms with E-state index in [1.165, 1.54) is 6.07 Å². The standard InChI is InChI=1S/C20H28N4O5S/c1-20(2,3)29-19(26)24-12-9-14(10-13-24)22-17(25)8-11-21-18-15-6-4-5-7-16(15)30(27,28)23-18/h4-7,14H,8-13H2,1-3H3,(H,21,23)(H,22,25). The molecule has 2 heterocycles. The molecule has 1 aromatic rings. The van der Waals surface area contributed by atoms with Crippen molar-refractivity contribution in [1.82, 2.24) is 14.9 Å². The second-order valence-corrected chi connectivity index (χ2v) is 10.0. The molecule has 1 saturated heterocycles. The van der Waals surface area contributed by atoms with Crippen molar-refractivity contribution in [1.29, 1.82) is 0 Å². The number of nitrogens with zero attached hydrogens (tertiary/aromatic N) is 2. The average molecular weight is 437 g/mol. The van der Waals surface area contributed by atoms with Crippen LogP contribution in [-0.2, 0) is 19.6 Å². The van der Waals surface area contributed by atoms with Crippen molar-refractivity contribution in [3.63, 3.8) is 0 Å². The number of benzene rings is 1. The Kier molecular flexibility index (Phi) is 6.35. The first-order chi connectivity index (χ1) is 14.0. The predicted octanol–water partition coefficient (Wildman–Crippen LogP) is 1.63. The molecule has 0 aliphatic carbocycles. The summed E-state index contributed by atoms with van der Waals surface area (Å²) in [5.74, 6) is 0.119. The Balaban J connectivity index is 1.44. The predicted molar refractivity (Wildman–Crippen MR) is 112 cm³/mol. The van der Waals surface area contributed by atoms with Crippen LogP contribution in [0.25, 0.3) is 0 Å². The number of amides is 2. The van der Waals surface area contributed by atoms with Crippen LogP contribution in [-0.4, -0.2) is 62.4 Å². The quantitative estimate of drug-likeness (QED) is 0.744. The first-order valence-corrected chi connectivity index (χ1v) is 11.5. The normalized spacial score (nSPS) is 19.8. The lowest BCUT2D eigenvalue weighted by Crippen LogP contribution is -2.47. The number of amidine groups is 1. The summed E-state index contributed by atoms with van der Waals surface area (Å²) in [6, 6.07) is 6.60. The fraction of sp³-hybridized carbons (Fsp3) is 0.550. The molecule has 0 atom stereocenters. The van der Waals surface area contributed by atoms with Crippen molar-refractivity contribution in [3.05, 3.63) is 29.8 Å². The highest BCUT2D eigenvalue weighted by Crippen LogP contribution is 2.22. The molecule has 30 heavy (non-hydrogen) atoms. The molecule has 2 amide bonds. The zero-order chi connectivity index (χ0) is 21.9. The molecular weight excluding hydrogens is 408 g/mol. The third-order valence-corrected chi connectivity index (χ3v) is 6.18. The first-order valence-electron chi connectivity index (χ1n) is 9.99. The lowest BCUT2D eigenvalue weighted by molar-refractivity contribution is -0.121. The summed E-state index contributed by atoms with van der Waals surface area (Å²) in [7, 11) is -3.58. The Morgan fingerprint density at radius 1 is 1.23 bits per heavy atom. The molecular formula is C20H28N4O5S. The lowest BCUT2D eigenvalue weighted by atomic mass is 10.1. The molecule has 0 bridgehead atoms. The van der Waals surface area contributed by atoms with E-state index in [-0.39, 0.29) is 41.7 Å². The maximum atomic E-state index is 12.2. The monoisotopic (exact) mass is 436 g/mol. The van der Waals surface area contributed by atoms with Crippen LogP contribution in [0, 0.1) is 0 Å². The highest BCUT2D eigenvalue weighted by atomic mass is 32.2. The minimum atomic E-state index is -3.58. The number of carbonyl (C=O) groups excluding carboxylic acids is 2. The molecule has 10 heteroatoms. The number of nitrogens with one attached hydrogen (secondary N) is 2. The zero-order valence-corrected chi connectivity index (χ0v) is 18.3. The Hall–Kier alpha value is -2.62. The van der Waals surface area contributed by atoms with E-state index in [9.17, 15) is 18.0 Å². The van der Waals surface area contributed by atoms with E-state index in [0.717, 1.165) is 0 Å². The van der Waals surface area contributed by atoms with Crippen molar-refractivity contribution >= 4 is 27.9 Å². The Morgan fingerprint density at radius 3 is 2.57 bits per heavy atom. The van der Waals surface area contributed by atoms with E-state index in [1.54, 1.807) is 23.1 Å². The molecule has 2 aliphatic rings. The van der Waals surface area contributed by atoms with Crippen LogP contribution >= 0.6 is 0 Å². The number of sulfonamides is 1. The second kappa shape index (κ2) is 8.63. The number of likely N-dealkylation sites (tertiary alicyclic amines) is 1. The number of fused-ring (bicyclic) bond motifs is 1. The third-order valence-electron chi connectivity index (χ3n) is 4.78. The number of hydrogen-bond acceptors (Lipinski definition) is 6. The van der Waals surface area contributed by atoms with E-state index in [2.05, 4.69) is 15.0 Å². The van der Waals surface area contributed by atoms with Gasteiger partial charge in [0.1, 0.15) is 11.4 Å². The van der Waals surface area contributed by atoms with Crippen LogP contribution in [0.4, 0.5) is 4.79 Å². The largest absolute Gasteiger partial charge is 0.444 e. The van der Waals surface area contributed by atoms with Crippen LogP contribution in [0.2, 0.25) is 0 Å². The molecule has 1 aromatic carbocycles. The SMILES string of the molecule is CC(C)(C)OC(=O)N1CCC(NC(=O)CCN=C2NS(=O)(=O)c3ccccc32)CC1. The van der Waals surface area contributed by atoms with Gasteiger partial charge in [0.25, 0.3) is 10.0 Å². The van der Waals surface area contributed by atoms with Crippen LogP contribution in [0.1, 0.15) is 45.6 Å². The van der Waals surface area contributed by atoms with Gasteiger partial charge in [0.05, 0.1) is 11.4 Å². The smallest absolute Gasteiger partial charge is 0.410 e. The van der Waals surface area contributed by atoms with E-state index in [4.69, 9.17) is 4.74 Å². The molecule has 2 N–H and O–H groups in total. The van der Waals surface area contributed by atoms with Gasteiger partial charge in [-0.3, -0.25) is 14.5 Å². The van der Waals surface area contributed by atoms with Gasteiger partial charge in [-0.25, -0.2) is 13.2 Å². The Labute approximate surface area is 176 Å². The van der Waals surface area contributed by atoms with E-state index in [1.807, 2.05) is 20.8 Å². The molecule has 0 unspecified atom stereocenters. The van der Waals surface area contributed by atoms with Crippen molar-refractivity contribution in [2.75, 3.05) is 19.6 Å². The number of aliphatic imine (C=N–C) groups is 1. The number of piperidine rings is 1. The first kappa shape index (κ1) is 22.1. The number of hydrogen-bond donors (Lipinski definition) is 2. The average Bonchev–Trinajstić information content (AvgIpc) is 2.92. The summed E-state index contributed by atoms with van der Waals surface area (Å²) in [5.41, 5.74) is -0.00932. The Morgan fingerprint density at radius 2 is 1.90 bits per heavy atom. The summed E-state index contributed by atoms with van der Waals surface area (Å²) in [6.07, 6.45) is 1.14. The van der Waals surface area contributed by atoms with Crippen molar-refractivity contribution in [2.45, 2.75) is 56.6 Å². The maximum Gasteiger partial charge on any atom is 0.410 e. The van der Waals surface area contributed by atoms with E-state index >= 15 is 0 Å². The van der Waals surface area contributed by atoms with E-state index in [0.29, 0.717) is 31.5 Å². The van der Waals surface area contributed by atoms with Crippen molar-refractivity contribution in [3.8, 4) is 0 Å². The number of ether oxygens (including phenoxy) is 1. The number of carbonyl (C=O) groups is 2. The molecule has 9 nitrogen and oxygen atoms in total.